The summed E-state index contributed by atoms with van der Waals surface area (Å²) >= 11 is 12.8. The van der Waals surface area contributed by atoms with Crippen LogP contribution in [0.5, 0.6) is 0 Å². The second-order valence-electron chi connectivity index (χ2n) is 9.43. The number of sulfonamides is 1. The Labute approximate surface area is 234 Å². The predicted octanol–water partition coefficient (Wildman–Crippen LogP) is 3.94. The minimum Gasteiger partial charge on any atom is -0.368 e. The van der Waals surface area contributed by atoms with Gasteiger partial charge in [-0.1, -0.05) is 72.8 Å². The zero-order valence-electron chi connectivity index (χ0n) is 20.5. The normalized spacial score (nSPS) is 15.3. The van der Waals surface area contributed by atoms with Gasteiger partial charge in [-0.25, -0.2) is 23.1 Å². The molecule has 5 N–H and O–H groups in total. The van der Waals surface area contributed by atoms with Crippen LogP contribution in [-0.4, -0.2) is 40.4 Å². The molecule has 10 nitrogen and oxygen atoms in total. The van der Waals surface area contributed by atoms with E-state index < -0.39 is 32.4 Å². The number of hydrogen-bond donors (Lipinski definition) is 3. The van der Waals surface area contributed by atoms with Gasteiger partial charge in [0.15, 0.2) is 10.7 Å². The standard InChI is InChI=1S/C26H24Cl2N6O4S/c27-16-10-8-15(9-11-16)23-21(17-6-2-3-7-18(17)28)22(31-19-14-20(33-34(19)23)39(30,37)38)24(35)32-26(25(29)36)12-4-1-5-13-26/h2-3,6-11,14H,1,4-5,12-13H2,(H2,29,36)(H,32,35)(H2,30,37,38). The average Bonchev–Trinajstić information content (AvgIpc) is 3.34. The number of hydrogen-bond acceptors (Lipinski definition) is 6. The Kier molecular flexibility index (Phi) is 7.10. The molecule has 0 atom stereocenters. The Balaban J connectivity index is 1.85. The van der Waals surface area contributed by atoms with E-state index in [1.54, 1.807) is 48.5 Å². The summed E-state index contributed by atoms with van der Waals surface area (Å²) in [6.07, 6.45) is 3.16. The Morgan fingerprint density at radius 2 is 1.67 bits per heavy atom. The third-order valence-corrected chi connectivity index (χ3v) is 8.24. The highest BCUT2D eigenvalue weighted by atomic mass is 35.5. The van der Waals surface area contributed by atoms with Crippen molar-refractivity contribution in [1.29, 1.82) is 0 Å². The van der Waals surface area contributed by atoms with Crippen molar-refractivity contribution in [2.75, 3.05) is 0 Å². The molecule has 4 aromatic rings. The number of primary amides is 1. The van der Waals surface area contributed by atoms with Gasteiger partial charge in [-0.2, -0.15) is 5.10 Å². The van der Waals surface area contributed by atoms with E-state index in [-0.39, 0.29) is 16.9 Å². The molecule has 0 radical (unpaired) electrons. The number of carbonyl (C=O) groups excluding carboxylic acids is 2. The van der Waals surface area contributed by atoms with E-state index in [0.29, 0.717) is 39.7 Å². The fourth-order valence-corrected chi connectivity index (χ4v) is 5.77. The van der Waals surface area contributed by atoms with E-state index in [0.717, 1.165) is 19.3 Å². The van der Waals surface area contributed by atoms with Crippen molar-refractivity contribution < 1.29 is 18.0 Å². The third-order valence-electron chi connectivity index (χ3n) is 6.88. The van der Waals surface area contributed by atoms with Crippen LogP contribution in [0.15, 0.2) is 59.6 Å². The van der Waals surface area contributed by atoms with Gasteiger partial charge in [0.2, 0.25) is 5.91 Å². The number of halogens is 2. The van der Waals surface area contributed by atoms with E-state index in [9.17, 15) is 18.0 Å². The largest absolute Gasteiger partial charge is 0.368 e. The lowest BCUT2D eigenvalue weighted by Crippen LogP contribution is -2.58. The lowest BCUT2D eigenvalue weighted by atomic mass is 9.81. The number of carbonyl (C=O) groups is 2. The van der Waals surface area contributed by atoms with E-state index in [1.807, 2.05) is 0 Å². The molecule has 5 rings (SSSR count). The molecule has 2 aromatic heterocycles. The molecule has 202 valence electrons. The van der Waals surface area contributed by atoms with E-state index in [4.69, 9.17) is 34.1 Å². The summed E-state index contributed by atoms with van der Waals surface area (Å²) in [6, 6.07) is 14.7. The Hall–Kier alpha value is -3.51. The maximum absolute atomic E-state index is 14.0. The van der Waals surface area contributed by atoms with Gasteiger partial charge in [-0.05, 0) is 31.0 Å². The lowest BCUT2D eigenvalue weighted by molar-refractivity contribution is -0.125. The lowest BCUT2D eigenvalue weighted by Gasteiger charge is -2.35. The van der Waals surface area contributed by atoms with Gasteiger partial charge < -0.3 is 11.1 Å². The molecule has 1 aliphatic rings. The number of aromatic nitrogens is 3. The van der Waals surface area contributed by atoms with Crippen molar-refractivity contribution in [3.63, 3.8) is 0 Å². The first-order valence-electron chi connectivity index (χ1n) is 12.1. The fraction of sp³-hybridized carbons (Fsp3) is 0.231. The number of rotatable bonds is 6. The Morgan fingerprint density at radius 3 is 2.28 bits per heavy atom. The maximum atomic E-state index is 14.0. The highest BCUT2D eigenvalue weighted by Crippen LogP contribution is 2.39. The minimum absolute atomic E-state index is 0.0432. The molecule has 1 saturated carbocycles. The monoisotopic (exact) mass is 586 g/mol. The number of nitrogens with one attached hydrogen (secondary N) is 1. The number of benzene rings is 2. The molecule has 0 unspecified atom stereocenters. The van der Waals surface area contributed by atoms with Gasteiger partial charge in [0.25, 0.3) is 15.9 Å². The summed E-state index contributed by atoms with van der Waals surface area (Å²) in [4.78, 5) is 31.1. The second-order valence-corrected chi connectivity index (χ2v) is 11.8. The van der Waals surface area contributed by atoms with Crippen molar-refractivity contribution in [2.45, 2.75) is 42.7 Å². The first-order chi connectivity index (χ1) is 18.5. The zero-order valence-corrected chi connectivity index (χ0v) is 22.9. The van der Waals surface area contributed by atoms with Gasteiger partial charge in [0.1, 0.15) is 11.2 Å². The SMILES string of the molecule is NC(=O)C1(NC(=O)c2nc3cc(S(N)(=O)=O)nn3c(-c3ccc(Cl)cc3)c2-c2ccccc2Cl)CCCCC1. The van der Waals surface area contributed by atoms with Gasteiger partial charge in [0.05, 0.1) is 5.69 Å². The van der Waals surface area contributed by atoms with Crippen LogP contribution in [0.25, 0.3) is 28.0 Å². The molecular formula is C26H24Cl2N6O4S. The molecular weight excluding hydrogens is 563 g/mol. The average molecular weight is 587 g/mol. The molecule has 39 heavy (non-hydrogen) atoms. The molecule has 0 saturated heterocycles. The van der Waals surface area contributed by atoms with Crippen molar-refractivity contribution in [3.8, 4) is 22.4 Å². The molecule has 2 amide bonds. The fourth-order valence-electron chi connectivity index (χ4n) is 4.94. The first kappa shape index (κ1) is 27.1. The first-order valence-corrected chi connectivity index (χ1v) is 14.4. The molecule has 1 aliphatic carbocycles. The van der Waals surface area contributed by atoms with Crippen LogP contribution < -0.4 is 16.2 Å². The summed E-state index contributed by atoms with van der Waals surface area (Å²) in [5.74, 6) is -1.30. The van der Waals surface area contributed by atoms with Crippen LogP contribution in [0.3, 0.4) is 0 Å². The van der Waals surface area contributed by atoms with Crippen molar-refractivity contribution >= 4 is 50.7 Å². The Morgan fingerprint density at radius 1 is 1.00 bits per heavy atom. The summed E-state index contributed by atoms with van der Waals surface area (Å²) in [7, 11) is -4.21. The predicted molar refractivity (Wildman–Crippen MR) is 148 cm³/mol. The van der Waals surface area contributed by atoms with Gasteiger partial charge >= 0.3 is 0 Å². The topological polar surface area (TPSA) is 163 Å². The summed E-state index contributed by atoms with van der Waals surface area (Å²) < 4.78 is 25.7. The highest BCUT2D eigenvalue weighted by molar-refractivity contribution is 7.89. The molecule has 1 fully saturated rings. The Bertz CT molecular complexity index is 1710. The maximum Gasteiger partial charge on any atom is 0.271 e. The minimum atomic E-state index is -4.21. The summed E-state index contributed by atoms with van der Waals surface area (Å²) in [5.41, 5.74) is 6.06. The quantitative estimate of drug-likeness (QED) is 0.310. The summed E-state index contributed by atoms with van der Waals surface area (Å²) in [6.45, 7) is 0. The van der Waals surface area contributed by atoms with Crippen molar-refractivity contribution in [3.05, 3.63) is 70.3 Å². The van der Waals surface area contributed by atoms with Crippen LogP contribution in [0.2, 0.25) is 10.0 Å². The van der Waals surface area contributed by atoms with Gasteiger partial charge in [-0.15, -0.1) is 0 Å². The van der Waals surface area contributed by atoms with Crippen LogP contribution >= 0.6 is 23.2 Å². The van der Waals surface area contributed by atoms with Crippen LogP contribution in [-0.2, 0) is 14.8 Å². The second kappa shape index (κ2) is 10.2. The molecule has 2 aromatic carbocycles. The number of primary sulfonamides is 1. The van der Waals surface area contributed by atoms with Crippen molar-refractivity contribution in [2.24, 2.45) is 10.9 Å². The smallest absolute Gasteiger partial charge is 0.271 e. The highest BCUT2D eigenvalue weighted by Gasteiger charge is 2.40. The zero-order chi connectivity index (χ0) is 27.9. The number of nitrogens with zero attached hydrogens (tertiary/aromatic N) is 3. The third kappa shape index (κ3) is 5.10. The molecule has 13 heteroatoms. The van der Waals surface area contributed by atoms with Crippen LogP contribution in [0, 0.1) is 0 Å². The molecule has 2 heterocycles. The number of fused-ring (bicyclic) bond motifs is 1. The van der Waals surface area contributed by atoms with Crippen LogP contribution in [0.4, 0.5) is 0 Å². The van der Waals surface area contributed by atoms with Crippen LogP contribution in [0.1, 0.15) is 42.6 Å². The summed E-state index contributed by atoms with van der Waals surface area (Å²) in [5, 5.41) is 12.8. The van der Waals surface area contributed by atoms with Gasteiger partial charge in [0, 0.05) is 32.8 Å². The van der Waals surface area contributed by atoms with E-state index >= 15 is 0 Å². The van der Waals surface area contributed by atoms with Gasteiger partial charge in [-0.3, -0.25) is 9.59 Å². The molecule has 0 bridgehead atoms. The molecule has 0 aliphatic heterocycles. The number of nitrogens with two attached hydrogens (primary N) is 2. The molecule has 0 spiro atoms. The van der Waals surface area contributed by atoms with E-state index in [1.165, 1.54) is 10.6 Å². The number of amides is 2. The van der Waals surface area contributed by atoms with Crippen molar-refractivity contribution in [1.82, 2.24) is 19.9 Å². The van der Waals surface area contributed by atoms with E-state index in [2.05, 4.69) is 15.4 Å².